The van der Waals surface area contributed by atoms with Gasteiger partial charge in [-0.15, -0.1) is 0 Å². The van der Waals surface area contributed by atoms with Crippen molar-refractivity contribution in [3.05, 3.63) is 47.5 Å². The summed E-state index contributed by atoms with van der Waals surface area (Å²) < 4.78 is 18.3. The Labute approximate surface area is 101 Å². The quantitative estimate of drug-likeness (QED) is 0.865. The summed E-state index contributed by atoms with van der Waals surface area (Å²) in [5.41, 5.74) is 2.33. The zero-order valence-electron chi connectivity index (χ0n) is 10.1. The van der Waals surface area contributed by atoms with Crippen molar-refractivity contribution in [2.24, 2.45) is 0 Å². The topological polar surface area (TPSA) is 21.3 Å². The molecule has 1 aromatic carbocycles. The molecule has 17 heavy (non-hydrogen) atoms. The molecule has 0 aliphatic carbocycles. The number of likely N-dealkylation sites (N-methyl/N-ethyl adjacent to an activating group) is 1. The van der Waals surface area contributed by atoms with E-state index in [0.29, 0.717) is 0 Å². The monoisotopic (exact) mass is 235 g/mol. The van der Waals surface area contributed by atoms with E-state index in [1.165, 1.54) is 17.7 Å². The van der Waals surface area contributed by atoms with Crippen LogP contribution in [0.15, 0.2) is 36.1 Å². The highest BCUT2D eigenvalue weighted by molar-refractivity contribution is 5.28. The Balaban J connectivity index is 2.21. The second-order valence-electron chi connectivity index (χ2n) is 4.21. The Morgan fingerprint density at radius 2 is 2.12 bits per heavy atom. The van der Waals surface area contributed by atoms with Gasteiger partial charge >= 0.3 is 0 Å². The molecule has 0 fully saturated rings. The van der Waals surface area contributed by atoms with Gasteiger partial charge in [0, 0.05) is 0 Å². The van der Waals surface area contributed by atoms with E-state index in [1.54, 1.807) is 0 Å². The molecule has 1 aromatic rings. The van der Waals surface area contributed by atoms with Crippen LogP contribution in [-0.4, -0.2) is 13.2 Å². The van der Waals surface area contributed by atoms with Crippen molar-refractivity contribution >= 4 is 0 Å². The molecule has 0 spiro atoms. The minimum Gasteiger partial charge on any atom is -0.501 e. The first-order valence-corrected chi connectivity index (χ1v) is 6.10. The molecule has 2 rings (SSSR count). The summed E-state index contributed by atoms with van der Waals surface area (Å²) in [4.78, 5) is 0. The normalized spacial score (nSPS) is 17.2. The molecule has 92 valence electrons. The molecule has 1 atom stereocenters. The van der Waals surface area contributed by atoms with E-state index in [9.17, 15) is 4.39 Å². The third-order valence-corrected chi connectivity index (χ3v) is 2.94. The zero-order chi connectivity index (χ0) is 12.1. The van der Waals surface area contributed by atoms with E-state index >= 15 is 0 Å². The second kappa shape index (κ2) is 5.82. The Morgan fingerprint density at radius 1 is 1.35 bits per heavy atom. The van der Waals surface area contributed by atoms with Crippen LogP contribution in [0.5, 0.6) is 0 Å². The molecule has 1 N–H and O–H groups in total. The van der Waals surface area contributed by atoms with Gasteiger partial charge in [0.2, 0.25) is 0 Å². The maximum absolute atomic E-state index is 12.9. The van der Waals surface area contributed by atoms with Crippen LogP contribution in [0.4, 0.5) is 4.39 Å². The van der Waals surface area contributed by atoms with Crippen molar-refractivity contribution in [2.45, 2.75) is 25.8 Å². The van der Waals surface area contributed by atoms with Crippen molar-refractivity contribution in [2.75, 3.05) is 13.2 Å². The maximum atomic E-state index is 12.9. The van der Waals surface area contributed by atoms with Crippen LogP contribution in [0.25, 0.3) is 0 Å². The van der Waals surface area contributed by atoms with Crippen molar-refractivity contribution in [1.29, 1.82) is 0 Å². The summed E-state index contributed by atoms with van der Waals surface area (Å²) in [6, 6.07) is 6.81. The van der Waals surface area contributed by atoms with Gasteiger partial charge in [0.25, 0.3) is 0 Å². The Morgan fingerprint density at radius 3 is 2.71 bits per heavy atom. The van der Waals surface area contributed by atoms with E-state index in [2.05, 4.69) is 12.2 Å². The minimum atomic E-state index is -0.196. The average Bonchev–Trinajstić information content (AvgIpc) is 2.38. The summed E-state index contributed by atoms with van der Waals surface area (Å²) in [6.45, 7) is 3.74. The number of halogens is 1. The lowest BCUT2D eigenvalue weighted by atomic mass is 9.95. The molecule has 0 radical (unpaired) electrons. The van der Waals surface area contributed by atoms with E-state index in [0.717, 1.165) is 31.6 Å². The predicted molar refractivity (Wildman–Crippen MR) is 66.1 cm³/mol. The van der Waals surface area contributed by atoms with Gasteiger partial charge in [-0.2, -0.15) is 0 Å². The molecule has 0 aromatic heterocycles. The summed E-state index contributed by atoms with van der Waals surface area (Å²) in [5.74, 6) is -0.196. The first-order chi connectivity index (χ1) is 8.31. The Kier molecular flexibility index (Phi) is 4.15. The second-order valence-corrected chi connectivity index (χ2v) is 4.21. The largest absolute Gasteiger partial charge is 0.501 e. The van der Waals surface area contributed by atoms with Gasteiger partial charge in [-0.3, -0.25) is 0 Å². The van der Waals surface area contributed by atoms with Gasteiger partial charge in [0.1, 0.15) is 5.82 Å². The number of nitrogens with one attached hydrogen (secondary N) is 1. The van der Waals surface area contributed by atoms with Gasteiger partial charge in [-0.1, -0.05) is 19.1 Å². The van der Waals surface area contributed by atoms with Crippen LogP contribution in [-0.2, 0) is 4.74 Å². The van der Waals surface area contributed by atoms with Crippen LogP contribution >= 0.6 is 0 Å². The fourth-order valence-corrected chi connectivity index (χ4v) is 2.12. The standard InChI is InChI=1S/C14H18FNO/c1-2-16-14(12-4-3-9-17-10-12)11-5-7-13(15)8-6-11/h5-8,10,14,16H,2-4,9H2,1H3. The van der Waals surface area contributed by atoms with E-state index < -0.39 is 0 Å². The SMILES string of the molecule is CCNC(C1=COCCC1)c1ccc(F)cc1. The van der Waals surface area contributed by atoms with Crippen LogP contribution in [0, 0.1) is 5.82 Å². The molecule has 0 bridgehead atoms. The lowest BCUT2D eigenvalue weighted by molar-refractivity contribution is 0.219. The third-order valence-electron chi connectivity index (χ3n) is 2.94. The number of hydrogen-bond donors (Lipinski definition) is 1. The molecular weight excluding hydrogens is 217 g/mol. The molecule has 2 nitrogen and oxygen atoms in total. The Hall–Kier alpha value is -1.35. The fraction of sp³-hybridized carbons (Fsp3) is 0.429. The number of rotatable bonds is 4. The summed E-state index contributed by atoms with van der Waals surface area (Å²) in [7, 11) is 0. The van der Waals surface area contributed by atoms with Crippen LogP contribution in [0.3, 0.4) is 0 Å². The first kappa shape index (κ1) is 12.1. The summed E-state index contributed by atoms with van der Waals surface area (Å²) in [6.07, 6.45) is 3.93. The zero-order valence-corrected chi connectivity index (χ0v) is 10.1. The molecule has 1 heterocycles. The number of ether oxygens (including phenoxy) is 1. The Bertz CT molecular complexity index is 386. The fourth-order valence-electron chi connectivity index (χ4n) is 2.12. The van der Waals surface area contributed by atoms with E-state index in [-0.39, 0.29) is 11.9 Å². The number of hydrogen-bond acceptors (Lipinski definition) is 2. The highest BCUT2D eigenvalue weighted by Crippen LogP contribution is 2.27. The molecular formula is C14H18FNO. The molecule has 0 saturated carbocycles. The highest BCUT2D eigenvalue weighted by atomic mass is 19.1. The molecule has 0 saturated heterocycles. The smallest absolute Gasteiger partial charge is 0.123 e. The molecule has 1 unspecified atom stereocenters. The van der Waals surface area contributed by atoms with E-state index in [1.807, 2.05) is 18.4 Å². The molecule has 1 aliphatic heterocycles. The summed E-state index contributed by atoms with van der Waals surface area (Å²) >= 11 is 0. The van der Waals surface area contributed by atoms with Gasteiger partial charge in [0.15, 0.2) is 0 Å². The minimum absolute atomic E-state index is 0.140. The first-order valence-electron chi connectivity index (χ1n) is 6.10. The summed E-state index contributed by atoms with van der Waals surface area (Å²) in [5, 5.41) is 3.42. The molecule has 1 aliphatic rings. The average molecular weight is 235 g/mol. The van der Waals surface area contributed by atoms with E-state index in [4.69, 9.17) is 4.74 Å². The maximum Gasteiger partial charge on any atom is 0.123 e. The van der Waals surface area contributed by atoms with Gasteiger partial charge < -0.3 is 10.1 Å². The lowest BCUT2D eigenvalue weighted by Gasteiger charge is -2.24. The van der Waals surface area contributed by atoms with Crippen molar-refractivity contribution in [3.63, 3.8) is 0 Å². The number of benzene rings is 1. The molecule has 0 amide bonds. The van der Waals surface area contributed by atoms with Crippen LogP contribution in [0.2, 0.25) is 0 Å². The molecule has 3 heteroatoms. The van der Waals surface area contributed by atoms with Crippen molar-refractivity contribution in [3.8, 4) is 0 Å². The highest BCUT2D eigenvalue weighted by Gasteiger charge is 2.17. The van der Waals surface area contributed by atoms with Crippen molar-refractivity contribution in [1.82, 2.24) is 5.32 Å². The van der Waals surface area contributed by atoms with Crippen molar-refractivity contribution < 1.29 is 9.13 Å². The van der Waals surface area contributed by atoms with Gasteiger partial charge in [-0.05, 0) is 42.7 Å². The predicted octanol–water partition coefficient (Wildman–Crippen LogP) is 3.17. The van der Waals surface area contributed by atoms with Crippen LogP contribution < -0.4 is 5.32 Å². The third kappa shape index (κ3) is 3.07. The van der Waals surface area contributed by atoms with Crippen LogP contribution in [0.1, 0.15) is 31.4 Å². The van der Waals surface area contributed by atoms with Gasteiger partial charge in [-0.25, -0.2) is 4.39 Å². The van der Waals surface area contributed by atoms with Gasteiger partial charge in [0.05, 0.1) is 18.9 Å². The lowest BCUT2D eigenvalue weighted by Crippen LogP contribution is -2.24.